The lowest BCUT2D eigenvalue weighted by Crippen LogP contribution is -1.85. The molecular weight excluding hydrogens is 282 g/mol. The number of para-hydroxylation sites is 1. The molecule has 1 heterocycles. The number of H-pyrrole nitrogens is 1. The predicted molar refractivity (Wildman–Crippen MR) is 97.4 cm³/mol. The fourth-order valence-corrected chi connectivity index (χ4v) is 3.65. The van der Waals surface area contributed by atoms with Gasteiger partial charge >= 0.3 is 0 Å². The van der Waals surface area contributed by atoms with Gasteiger partial charge in [-0.25, -0.2) is 0 Å². The first kappa shape index (κ1) is 12.5. The number of methoxy groups -OCH3 is 1. The van der Waals surface area contributed by atoms with E-state index in [0.29, 0.717) is 0 Å². The minimum absolute atomic E-state index is 0.888. The van der Waals surface area contributed by atoms with Crippen molar-refractivity contribution in [3.05, 3.63) is 66.7 Å². The standard InChI is InChI=1S/C21H15NO/c1-23-13-10-11-15-14-6-2-3-7-16(14)21-20(18(15)12-13)17-8-4-5-9-19(17)22-21/h2-12,22H,1H3. The van der Waals surface area contributed by atoms with Gasteiger partial charge in [-0.15, -0.1) is 0 Å². The van der Waals surface area contributed by atoms with E-state index < -0.39 is 0 Å². The Morgan fingerprint density at radius 2 is 1.39 bits per heavy atom. The van der Waals surface area contributed by atoms with Crippen molar-refractivity contribution >= 4 is 43.4 Å². The van der Waals surface area contributed by atoms with E-state index in [4.69, 9.17) is 4.74 Å². The molecule has 0 amide bonds. The molecule has 0 aliphatic heterocycles. The fourth-order valence-electron chi connectivity index (χ4n) is 3.65. The molecular formula is C21H15NO. The summed E-state index contributed by atoms with van der Waals surface area (Å²) in [4.78, 5) is 3.61. The summed E-state index contributed by atoms with van der Waals surface area (Å²) in [6.07, 6.45) is 0. The number of ether oxygens (including phenoxy) is 1. The second kappa shape index (κ2) is 4.50. The van der Waals surface area contributed by atoms with E-state index in [9.17, 15) is 0 Å². The first-order valence-electron chi connectivity index (χ1n) is 7.76. The van der Waals surface area contributed by atoms with Gasteiger partial charge < -0.3 is 9.72 Å². The van der Waals surface area contributed by atoms with Gasteiger partial charge in [-0.2, -0.15) is 0 Å². The maximum atomic E-state index is 5.46. The normalized spacial score (nSPS) is 11.7. The molecule has 1 N–H and O–H groups in total. The van der Waals surface area contributed by atoms with Crippen LogP contribution in [-0.2, 0) is 0 Å². The van der Waals surface area contributed by atoms with Crippen LogP contribution in [0.15, 0.2) is 66.7 Å². The van der Waals surface area contributed by atoms with Crippen LogP contribution in [0.2, 0.25) is 0 Å². The van der Waals surface area contributed by atoms with Crippen LogP contribution in [0.1, 0.15) is 0 Å². The van der Waals surface area contributed by atoms with Gasteiger partial charge in [0, 0.05) is 21.7 Å². The van der Waals surface area contributed by atoms with E-state index in [0.717, 1.165) is 5.75 Å². The third kappa shape index (κ3) is 1.63. The van der Waals surface area contributed by atoms with E-state index in [-0.39, 0.29) is 0 Å². The molecule has 0 atom stereocenters. The summed E-state index contributed by atoms with van der Waals surface area (Å²) in [6, 6.07) is 23.4. The Morgan fingerprint density at radius 3 is 2.22 bits per heavy atom. The van der Waals surface area contributed by atoms with Crippen LogP contribution in [0.4, 0.5) is 0 Å². The van der Waals surface area contributed by atoms with Crippen molar-refractivity contribution in [2.24, 2.45) is 0 Å². The number of aromatic amines is 1. The lowest BCUT2D eigenvalue weighted by Gasteiger charge is -2.09. The Hall–Kier alpha value is -3.00. The predicted octanol–water partition coefficient (Wildman–Crippen LogP) is 5.64. The van der Waals surface area contributed by atoms with Crippen molar-refractivity contribution in [1.82, 2.24) is 4.98 Å². The second-order valence-electron chi connectivity index (χ2n) is 5.88. The first-order chi connectivity index (χ1) is 11.4. The lowest BCUT2D eigenvalue weighted by molar-refractivity contribution is 0.415. The molecule has 23 heavy (non-hydrogen) atoms. The zero-order valence-corrected chi connectivity index (χ0v) is 12.8. The van der Waals surface area contributed by atoms with Gasteiger partial charge in [-0.1, -0.05) is 48.5 Å². The highest BCUT2D eigenvalue weighted by molar-refractivity contribution is 6.31. The summed E-state index contributed by atoms with van der Waals surface area (Å²) in [6.45, 7) is 0. The Labute approximate surface area is 133 Å². The molecule has 0 aliphatic carbocycles. The third-order valence-electron chi connectivity index (χ3n) is 4.69. The van der Waals surface area contributed by atoms with Gasteiger partial charge in [-0.05, 0) is 34.4 Å². The Balaban J connectivity index is 2.17. The summed E-state index contributed by atoms with van der Waals surface area (Å²) in [7, 11) is 1.72. The van der Waals surface area contributed by atoms with Gasteiger partial charge in [0.25, 0.3) is 0 Å². The molecule has 1 aromatic heterocycles. The minimum Gasteiger partial charge on any atom is -0.497 e. The maximum absolute atomic E-state index is 5.46. The second-order valence-corrected chi connectivity index (χ2v) is 5.88. The maximum Gasteiger partial charge on any atom is 0.119 e. The van der Waals surface area contributed by atoms with Gasteiger partial charge in [-0.3, -0.25) is 0 Å². The number of aromatic nitrogens is 1. The molecule has 5 rings (SSSR count). The molecule has 0 unspecified atom stereocenters. The van der Waals surface area contributed by atoms with Crippen molar-refractivity contribution in [3.63, 3.8) is 0 Å². The molecule has 5 aromatic rings. The van der Waals surface area contributed by atoms with Crippen LogP contribution in [0, 0.1) is 0 Å². The van der Waals surface area contributed by atoms with Gasteiger partial charge in [0.2, 0.25) is 0 Å². The highest BCUT2D eigenvalue weighted by Crippen LogP contribution is 2.39. The van der Waals surface area contributed by atoms with E-state index >= 15 is 0 Å². The van der Waals surface area contributed by atoms with Crippen molar-refractivity contribution in [1.29, 1.82) is 0 Å². The number of fused-ring (bicyclic) bond motifs is 8. The summed E-state index contributed by atoms with van der Waals surface area (Å²) in [5.74, 6) is 0.888. The van der Waals surface area contributed by atoms with Gasteiger partial charge in [0.15, 0.2) is 0 Å². The Kier molecular flexibility index (Phi) is 2.45. The van der Waals surface area contributed by atoms with Crippen molar-refractivity contribution in [3.8, 4) is 5.75 Å². The van der Waals surface area contributed by atoms with Gasteiger partial charge in [0.05, 0.1) is 12.6 Å². The Morgan fingerprint density at radius 1 is 0.696 bits per heavy atom. The molecule has 2 heteroatoms. The molecule has 0 fully saturated rings. The summed E-state index contributed by atoms with van der Waals surface area (Å²) in [5, 5.41) is 7.55. The average molecular weight is 297 g/mol. The van der Waals surface area contributed by atoms with Crippen molar-refractivity contribution in [2.45, 2.75) is 0 Å². The lowest BCUT2D eigenvalue weighted by atomic mass is 9.96. The number of nitrogens with one attached hydrogen (secondary N) is 1. The highest BCUT2D eigenvalue weighted by Gasteiger charge is 2.13. The molecule has 0 bridgehead atoms. The summed E-state index contributed by atoms with van der Waals surface area (Å²) >= 11 is 0. The molecule has 4 aromatic carbocycles. The van der Waals surface area contributed by atoms with E-state index in [1.165, 1.54) is 43.4 Å². The fraction of sp³-hybridized carbons (Fsp3) is 0.0476. The summed E-state index contributed by atoms with van der Waals surface area (Å²) < 4.78 is 5.46. The van der Waals surface area contributed by atoms with Crippen LogP contribution in [0.25, 0.3) is 43.4 Å². The SMILES string of the molecule is COc1ccc2c3ccccc3c3[nH]c4ccccc4c3c2c1. The number of hydrogen-bond acceptors (Lipinski definition) is 1. The van der Waals surface area contributed by atoms with Gasteiger partial charge in [0.1, 0.15) is 5.75 Å². The van der Waals surface area contributed by atoms with E-state index in [1.54, 1.807) is 7.11 Å². The van der Waals surface area contributed by atoms with Crippen molar-refractivity contribution < 1.29 is 4.74 Å². The monoisotopic (exact) mass is 297 g/mol. The van der Waals surface area contributed by atoms with Crippen LogP contribution < -0.4 is 4.74 Å². The highest BCUT2D eigenvalue weighted by atomic mass is 16.5. The molecule has 0 spiro atoms. The van der Waals surface area contributed by atoms with Crippen LogP contribution >= 0.6 is 0 Å². The molecule has 110 valence electrons. The smallest absolute Gasteiger partial charge is 0.119 e. The number of benzene rings is 4. The molecule has 0 saturated heterocycles. The molecule has 2 nitrogen and oxygen atoms in total. The largest absolute Gasteiger partial charge is 0.497 e. The topological polar surface area (TPSA) is 25.0 Å². The quantitative estimate of drug-likeness (QED) is 0.398. The zero-order chi connectivity index (χ0) is 15.4. The van der Waals surface area contributed by atoms with E-state index in [2.05, 4.69) is 65.6 Å². The third-order valence-corrected chi connectivity index (χ3v) is 4.69. The Bertz CT molecular complexity index is 1200. The zero-order valence-electron chi connectivity index (χ0n) is 12.8. The summed E-state index contributed by atoms with van der Waals surface area (Å²) in [5.41, 5.74) is 2.37. The average Bonchev–Trinajstić information content (AvgIpc) is 3.01. The van der Waals surface area contributed by atoms with Crippen LogP contribution in [0.5, 0.6) is 5.75 Å². The van der Waals surface area contributed by atoms with E-state index in [1.807, 2.05) is 6.07 Å². The molecule has 0 radical (unpaired) electrons. The molecule has 0 aliphatic rings. The number of hydrogen-bond donors (Lipinski definition) is 1. The number of rotatable bonds is 1. The van der Waals surface area contributed by atoms with Crippen LogP contribution in [0.3, 0.4) is 0 Å². The minimum atomic E-state index is 0.888. The van der Waals surface area contributed by atoms with Crippen LogP contribution in [-0.4, -0.2) is 12.1 Å². The molecule has 0 saturated carbocycles. The van der Waals surface area contributed by atoms with Crippen molar-refractivity contribution in [2.75, 3.05) is 7.11 Å². The first-order valence-corrected chi connectivity index (χ1v) is 7.76.